The molecule has 2 nitrogen and oxygen atoms in total. The third kappa shape index (κ3) is 4.03. The Morgan fingerprint density at radius 1 is 1.67 bits per heavy atom. The van der Waals surface area contributed by atoms with Crippen molar-refractivity contribution in [2.45, 2.75) is 13.8 Å². The predicted octanol–water partition coefficient (Wildman–Crippen LogP) is 1.16. The molecule has 9 heavy (non-hydrogen) atoms. The molecule has 0 aromatic carbocycles. The highest BCUT2D eigenvalue weighted by Gasteiger charge is 2.15. The van der Waals surface area contributed by atoms with E-state index in [1.165, 1.54) is 6.26 Å². The smallest absolute Gasteiger partial charge is 0.0945 e. The van der Waals surface area contributed by atoms with Gasteiger partial charge in [0.25, 0.3) is 0 Å². The molecule has 0 aliphatic heterocycles. The van der Waals surface area contributed by atoms with Gasteiger partial charge in [-0.1, -0.05) is 20.4 Å². The number of ether oxygens (including phenoxy) is 1. The van der Waals surface area contributed by atoms with E-state index >= 15 is 0 Å². The first kappa shape index (κ1) is 8.50. The minimum Gasteiger partial charge on any atom is -0.501 e. The minimum atomic E-state index is -0.145. The zero-order valence-corrected chi connectivity index (χ0v) is 6.05. The summed E-state index contributed by atoms with van der Waals surface area (Å²) in [5.74, 6) is 0. The van der Waals surface area contributed by atoms with Crippen molar-refractivity contribution < 1.29 is 9.84 Å². The first-order valence-corrected chi connectivity index (χ1v) is 2.96. The Hall–Kier alpha value is -0.500. The maximum atomic E-state index is 8.71. The van der Waals surface area contributed by atoms with Crippen LogP contribution in [0.15, 0.2) is 12.8 Å². The second-order valence-corrected chi connectivity index (χ2v) is 2.80. The standard InChI is InChI=1S/C7H14O2/c1-4-9-6-7(2,3)5-8/h4,8H,1,5-6H2,2-3H3. The second-order valence-electron chi connectivity index (χ2n) is 2.80. The van der Waals surface area contributed by atoms with E-state index in [2.05, 4.69) is 6.58 Å². The van der Waals surface area contributed by atoms with Crippen LogP contribution < -0.4 is 0 Å². The first-order valence-electron chi connectivity index (χ1n) is 2.96. The summed E-state index contributed by atoms with van der Waals surface area (Å²) >= 11 is 0. The maximum Gasteiger partial charge on any atom is 0.0945 e. The molecule has 0 radical (unpaired) electrons. The quantitative estimate of drug-likeness (QED) is 0.579. The minimum absolute atomic E-state index is 0.140. The van der Waals surface area contributed by atoms with Crippen molar-refractivity contribution in [2.24, 2.45) is 5.41 Å². The van der Waals surface area contributed by atoms with E-state index in [4.69, 9.17) is 9.84 Å². The van der Waals surface area contributed by atoms with Gasteiger partial charge in [-0.3, -0.25) is 0 Å². The molecule has 0 saturated carbocycles. The van der Waals surface area contributed by atoms with Gasteiger partial charge in [0.15, 0.2) is 0 Å². The zero-order valence-electron chi connectivity index (χ0n) is 6.05. The van der Waals surface area contributed by atoms with Crippen LogP contribution in [-0.2, 0) is 4.74 Å². The Morgan fingerprint density at radius 2 is 2.22 bits per heavy atom. The van der Waals surface area contributed by atoms with Gasteiger partial charge in [-0.25, -0.2) is 0 Å². The van der Waals surface area contributed by atoms with Crippen molar-refractivity contribution in [1.82, 2.24) is 0 Å². The lowest BCUT2D eigenvalue weighted by molar-refractivity contribution is 0.0753. The number of rotatable bonds is 4. The van der Waals surface area contributed by atoms with E-state index in [1.807, 2.05) is 13.8 Å². The van der Waals surface area contributed by atoms with Gasteiger partial charge < -0.3 is 9.84 Å². The van der Waals surface area contributed by atoms with Crippen molar-refractivity contribution in [3.63, 3.8) is 0 Å². The van der Waals surface area contributed by atoms with Gasteiger partial charge in [0.2, 0.25) is 0 Å². The van der Waals surface area contributed by atoms with Crippen LogP contribution in [0.1, 0.15) is 13.8 Å². The Balaban J connectivity index is 3.44. The molecule has 0 aromatic heterocycles. The van der Waals surface area contributed by atoms with Gasteiger partial charge in [0.05, 0.1) is 19.5 Å². The third-order valence-corrected chi connectivity index (χ3v) is 1.02. The van der Waals surface area contributed by atoms with Gasteiger partial charge in [0, 0.05) is 5.41 Å². The SMILES string of the molecule is C=COCC(C)(C)CO. The van der Waals surface area contributed by atoms with Gasteiger partial charge >= 0.3 is 0 Å². The molecule has 0 saturated heterocycles. The first-order chi connectivity index (χ1) is 4.12. The largest absolute Gasteiger partial charge is 0.501 e. The van der Waals surface area contributed by atoms with Crippen LogP contribution in [0, 0.1) is 5.41 Å². The number of hydrogen-bond donors (Lipinski definition) is 1. The summed E-state index contributed by atoms with van der Waals surface area (Å²) in [6.45, 7) is 7.91. The van der Waals surface area contributed by atoms with E-state index in [1.54, 1.807) is 0 Å². The van der Waals surface area contributed by atoms with E-state index in [0.717, 1.165) is 0 Å². The topological polar surface area (TPSA) is 29.5 Å². The Kier molecular flexibility index (Phi) is 3.32. The van der Waals surface area contributed by atoms with Crippen molar-refractivity contribution in [2.75, 3.05) is 13.2 Å². The molecule has 0 aliphatic rings. The van der Waals surface area contributed by atoms with E-state index in [9.17, 15) is 0 Å². The molecule has 0 spiro atoms. The molecule has 1 N–H and O–H groups in total. The molecule has 0 aliphatic carbocycles. The Morgan fingerprint density at radius 3 is 2.56 bits per heavy atom. The predicted molar refractivity (Wildman–Crippen MR) is 37.0 cm³/mol. The third-order valence-electron chi connectivity index (χ3n) is 1.02. The average molecular weight is 130 g/mol. The lowest BCUT2D eigenvalue weighted by Gasteiger charge is -2.19. The van der Waals surface area contributed by atoms with E-state index in [-0.39, 0.29) is 12.0 Å². The lowest BCUT2D eigenvalue weighted by Crippen LogP contribution is -2.22. The van der Waals surface area contributed by atoms with Crippen LogP contribution in [0.5, 0.6) is 0 Å². The Bertz CT molecular complexity index is 86.9. The van der Waals surface area contributed by atoms with Gasteiger partial charge in [-0.15, -0.1) is 0 Å². The van der Waals surface area contributed by atoms with Crippen LogP contribution in [0.2, 0.25) is 0 Å². The molecule has 54 valence electrons. The molecule has 0 unspecified atom stereocenters. The fourth-order valence-electron chi connectivity index (χ4n) is 0.330. The normalized spacial score (nSPS) is 11.0. The molecule has 0 heterocycles. The summed E-state index contributed by atoms with van der Waals surface area (Å²) in [5.41, 5.74) is -0.145. The molecular formula is C7H14O2. The van der Waals surface area contributed by atoms with Crippen molar-refractivity contribution in [3.05, 3.63) is 12.8 Å². The summed E-state index contributed by atoms with van der Waals surface area (Å²) in [4.78, 5) is 0. The van der Waals surface area contributed by atoms with Gasteiger partial charge in [0.1, 0.15) is 0 Å². The summed E-state index contributed by atoms with van der Waals surface area (Å²) in [7, 11) is 0. The van der Waals surface area contributed by atoms with Crippen LogP contribution in [0.4, 0.5) is 0 Å². The summed E-state index contributed by atoms with van der Waals surface area (Å²) in [6, 6.07) is 0. The highest BCUT2D eigenvalue weighted by atomic mass is 16.5. The highest BCUT2D eigenvalue weighted by molar-refractivity contribution is 4.66. The van der Waals surface area contributed by atoms with E-state index in [0.29, 0.717) is 6.61 Å². The molecule has 0 bridgehead atoms. The maximum absolute atomic E-state index is 8.71. The van der Waals surface area contributed by atoms with Crippen molar-refractivity contribution >= 4 is 0 Å². The molecule has 0 amide bonds. The summed E-state index contributed by atoms with van der Waals surface area (Å²) in [6.07, 6.45) is 1.39. The molecule has 2 heteroatoms. The molecule has 0 rings (SSSR count). The van der Waals surface area contributed by atoms with E-state index < -0.39 is 0 Å². The number of hydrogen-bond acceptors (Lipinski definition) is 2. The molecule has 0 fully saturated rings. The number of aliphatic hydroxyl groups excluding tert-OH is 1. The zero-order chi connectivity index (χ0) is 7.33. The van der Waals surface area contributed by atoms with Crippen molar-refractivity contribution in [1.29, 1.82) is 0 Å². The lowest BCUT2D eigenvalue weighted by atomic mass is 9.97. The van der Waals surface area contributed by atoms with Crippen LogP contribution in [0.25, 0.3) is 0 Å². The second kappa shape index (κ2) is 3.51. The number of aliphatic hydroxyl groups is 1. The van der Waals surface area contributed by atoms with Gasteiger partial charge in [-0.05, 0) is 0 Å². The van der Waals surface area contributed by atoms with Crippen LogP contribution >= 0.6 is 0 Å². The summed E-state index contributed by atoms with van der Waals surface area (Å²) < 4.78 is 4.89. The molecular weight excluding hydrogens is 116 g/mol. The monoisotopic (exact) mass is 130 g/mol. The molecule has 0 atom stereocenters. The average Bonchev–Trinajstić information content (AvgIpc) is 1.84. The fraction of sp³-hybridized carbons (Fsp3) is 0.714. The fourth-order valence-corrected chi connectivity index (χ4v) is 0.330. The van der Waals surface area contributed by atoms with Crippen molar-refractivity contribution in [3.8, 4) is 0 Å². The Labute approximate surface area is 56.1 Å². The van der Waals surface area contributed by atoms with Crippen LogP contribution in [0.3, 0.4) is 0 Å². The van der Waals surface area contributed by atoms with Crippen LogP contribution in [-0.4, -0.2) is 18.3 Å². The molecule has 0 aromatic rings. The highest BCUT2D eigenvalue weighted by Crippen LogP contribution is 2.13. The summed E-state index contributed by atoms with van der Waals surface area (Å²) in [5, 5.41) is 8.71. The van der Waals surface area contributed by atoms with Gasteiger partial charge in [-0.2, -0.15) is 0 Å².